The maximum Gasteiger partial charge on any atom is 0.306 e. The molecule has 0 spiro atoms. The standard InChI is InChI=1S/C23H21NO3/c25-22(27-17-18-9-3-1-4-10-18)15-14-20(19-11-5-2-6-12-19)23(26)21-13-7-8-16-24-21/h1-13,16,20H,14-15,17H2/t20-/m1/s1. The van der Waals surface area contributed by atoms with Crippen LogP contribution in [0.1, 0.15) is 40.4 Å². The van der Waals surface area contributed by atoms with Crippen LogP contribution < -0.4 is 0 Å². The minimum absolute atomic E-state index is 0.0855. The van der Waals surface area contributed by atoms with E-state index in [-0.39, 0.29) is 24.8 Å². The number of ether oxygens (including phenoxy) is 1. The molecular weight excluding hydrogens is 338 g/mol. The van der Waals surface area contributed by atoms with Crippen LogP contribution in [0.4, 0.5) is 0 Å². The van der Waals surface area contributed by atoms with Gasteiger partial charge in [-0.25, -0.2) is 0 Å². The van der Waals surface area contributed by atoms with Crippen LogP contribution in [0.5, 0.6) is 0 Å². The van der Waals surface area contributed by atoms with E-state index in [9.17, 15) is 9.59 Å². The fraction of sp³-hybridized carbons (Fsp3) is 0.174. The summed E-state index contributed by atoms with van der Waals surface area (Å²) in [6, 6.07) is 24.3. The maximum absolute atomic E-state index is 12.9. The zero-order valence-electron chi connectivity index (χ0n) is 15.0. The van der Waals surface area contributed by atoms with Crippen LogP contribution in [0.2, 0.25) is 0 Å². The number of hydrogen-bond acceptors (Lipinski definition) is 4. The van der Waals surface area contributed by atoms with Gasteiger partial charge in [-0.3, -0.25) is 14.6 Å². The van der Waals surface area contributed by atoms with Crippen molar-refractivity contribution < 1.29 is 14.3 Å². The lowest BCUT2D eigenvalue weighted by Crippen LogP contribution is -2.16. The summed E-state index contributed by atoms with van der Waals surface area (Å²) in [5.41, 5.74) is 2.23. The van der Waals surface area contributed by atoms with Gasteiger partial charge in [-0.2, -0.15) is 0 Å². The maximum atomic E-state index is 12.9. The Kier molecular flexibility index (Phi) is 6.47. The van der Waals surface area contributed by atoms with Crippen LogP contribution in [-0.2, 0) is 16.1 Å². The molecule has 0 aliphatic heterocycles. The van der Waals surface area contributed by atoms with Gasteiger partial charge in [0.2, 0.25) is 0 Å². The normalized spacial score (nSPS) is 11.6. The Bertz CT molecular complexity index is 864. The second-order valence-electron chi connectivity index (χ2n) is 6.23. The van der Waals surface area contributed by atoms with Gasteiger partial charge in [0.25, 0.3) is 0 Å². The van der Waals surface area contributed by atoms with Gasteiger partial charge in [0.15, 0.2) is 5.78 Å². The number of carbonyl (C=O) groups excluding carboxylic acids is 2. The predicted molar refractivity (Wildman–Crippen MR) is 103 cm³/mol. The van der Waals surface area contributed by atoms with Gasteiger partial charge in [-0.1, -0.05) is 66.7 Å². The first-order valence-electron chi connectivity index (χ1n) is 8.94. The minimum atomic E-state index is -0.426. The Morgan fingerprint density at radius 1 is 0.852 bits per heavy atom. The molecule has 0 saturated heterocycles. The summed E-state index contributed by atoms with van der Waals surface area (Å²) in [6.07, 6.45) is 2.15. The molecule has 27 heavy (non-hydrogen) atoms. The Morgan fingerprint density at radius 3 is 2.19 bits per heavy atom. The highest BCUT2D eigenvalue weighted by Gasteiger charge is 2.24. The van der Waals surface area contributed by atoms with Crippen molar-refractivity contribution in [3.63, 3.8) is 0 Å². The van der Waals surface area contributed by atoms with Crippen molar-refractivity contribution in [3.05, 3.63) is 102 Å². The number of carbonyl (C=O) groups is 2. The Hall–Kier alpha value is -3.27. The van der Waals surface area contributed by atoms with Crippen LogP contribution >= 0.6 is 0 Å². The third-order valence-electron chi connectivity index (χ3n) is 4.32. The van der Waals surface area contributed by atoms with Crippen molar-refractivity contribution in [1.29, 1.82) is 0 Å². The zero-order valence-corrected chi connectivity index (χ0v) is 15.0. The van der Waals surface area contributed by atoms with Crippen molar-refractivity contribution >= 4 is 11.8 Å². The smallest absolute Gasteiger partial charge is 0.306 e. The fourth-order valence-electron chi connectivity index (χ4n) is 2.89. The first kappa shape index (κ1) is 18.5. The first-order valence-corrected chi connectivity index (χ1v) is 8.94. The highest BCUT2D eigenvalue weighted by atomic mass is 16.5. The number of Topliss-reactive ketones (excluding diaryl/α,β-unsaturated/α-hetero) is 1. The number of benzene rings is 2. The lowest BCUT2D eigenvalue weighted by atomic mass is 9.88. The topological polar surface area (TPSA) is 56.3 Å². The van der Waals surface area contributed by atoms with Gasteiger partial charge in [0.05, 0.1) is 0 Å². The molecule has 0 radical (unpaired) electrons. The highest BCUT2D eigenvalue weighted by Crippen LogP contribution is 2.25. The predicted octanol–water partition coefficient (Wildman–Crippen LogP) is 4.57. The van der Waals surface area contributed by atoms with E-state index in [1.165, 1.54) is 0 Å². The second kappa shape index (κ2) is 9.43. The molecular formula is C23H21NO3. The van der Waals surface area contributed by atoms with Crippen LogP contribution in [0, 0.1) is 0 Å². The number of hydrogen-bond donors (Lipinski definition) is 0. The zero-order chi connectivity index (χ0) is 18.9. The molecule has 4 nitrogen and oxygen atoms in total. The molecule has 0 aliphatic carbocycles. The number of ketones is 1. The summed E-state index contributed by atoms with van der Waals surface area (Å²) in [5.74, 6) is -0.823. The largest absolute Gasteiger partial charge is 0.461 e. The lowest BCUT2D eigenvalue weighted by molar-refractivity contribution is -0.145. The molecule has 3 rings (SSSR count). The quantitative estimate of drug-likeness (QED) is 0.437. The molecule has 0 aliphatic rings. The molecule has 0 bridgehead atoms. The van der Waals surface area contributed by atoms with Crippen molar-refractivity contribution in [3.8, 4) is 0 Å². The Balaban J connectivity index is 1.65. The molecule has 0 amide bonds. The molecule has 1 aromatic heterocycles. The molecule has 1 heterocycles. The van der Waals surface area contributed by atoms with Gasteiger partial charge in [0.1, 0.15) is 12.3 Å². The van der Waals surface area contributed by atoms with E-state index in [0.717, 1.165) is 11.1 Å². The van der Waals surface area contributed by atoms with Crippen molar-refractivity contribution in [1.82, 2.24) is 4.98 Å². The molecule has 3 aromatic rings. The van der Waals surface area contributed by atoms with E-state index in [4.69, 9.17) is 4.74 Å². The summed E-state index contributed by atoms with van der Waals surface area (Å²) < 4.78 is 5.33. The van der Waals surface area contributed by atoms with Gasteiger partial charge >= 0.3 is 5.97 Å². The van der Waals surface area contributed by atoms with E-state index < -0.39 is 5.92 Å². The molecule has 136 valence electrons. The molecule has 0 N–H and O–H groups in total. The monoisotopic (exact) mass is 359 g/mol. The van der Waals surface area contributed by atoms with Crippen LogP contribution in [-0.4, -0.2) is 16.7 Å². The molecule has 2 aromatic carbocycles. The third-order valence-corrected chi connectivity index (χ3v) is 4.32. The SMILES string of the molecule is O=C(CC[C@@H](C(=O)c1ccccn1)c1ccccc1)OCc1ccccc1. The average Bonchev–Trinajstić information content (AvgIpc) is 2.74. The Labute approximate surface area is 158 Å². The van der Waals surface area contributed by atoms with Crippen molar-refractivity contribution in [2.24, 2.45) is 0 Å². The third kappa shape index (κ3) is 5.35. The summed E-state index contributed by atoms with van der Waals surface area (Å²) in [7, 11) is 0. The second-order valence-corrected chi connectivity index (χ2v) is 6.23. The molecule has 4 heteroatoms. The van der Waals surface area contributed by atoms with E-state index in [2.05, 4.69) is 4.98 Å². The van der Waals surface area contributed by atoms with Gasteiger partial charge < -0.3 is 4.74 Å². The number of esters is 1. The number of nitrogens with zero attached hydrogens (tertiary/aromatic N) is 1. The minimum Gasteiger partial charge on any atom is -0.461 e. The molecule has 1 atom stereocenters. The van der Waals surface area contributed by atoms with Crippen LogP contribution in [0.25, 0.3) is 0 Å². The van der Waals surface area contributed by atoms with E-state index in [1.807, 2.05) is 60.7 Å². The lowest BCUT2D eigenvalue weighted by Gasteiger charge is -2.15. The molecule has 0 fully saturated rings. The van der Waals surface area contributed by atoms with Crippen LogP contribution in [0.3, 0.4) is 0 Å². The van der Waals surface area contributed by atoms with E-state index >= 15 is 0 Å². The average molecular weight is 359 g/mol. The van der Waals surface area contributed by atoms with Crippen molar-refractivity contribution in [2.45, 2.75) is 25.4 Å². The van der Waals surface area contributed by atoms with Crippen molar-refractivity contribution in [2.75, 3.05) is 0 Å². The molecule has 0 saturated carbocycles. The van der Waals surface area contributed by atoms with E-state index in [0.29, 0.717) is 12.1 Å². The first-order chi connectivity index (χ1) is 13.2. The van der Waals surface area contributed by atoms with E-state index in [1.54, 1.807) is 24.4 Å². The number of pyridine rings is 1. The molecule has 0 unspecified atom stereocenters. The Morgan fingerprint density at radius 2 is 1.52 bits per heavy atom. The van der Waals surface area contributed by atoms with Gasteiger partial charge in [0, 0.05) is 18.5 Å². The highest BCUT2D eigenvalue weighted by molar-refractivity contribution is 5.99. The van der Waals surface area contributed by atoms with Gasteiger partial charge in [-0.15, -0.1) is 0 Å². The number of aromatic nitrogens is 1. The number of rotatable bonds is 8. The fourth-order valence-corrected chi connectivity index (χ4v) is 2.89. The van der Waals surface area contributed by atoms with Crippen LogP contribution in [0.15, 0.2) is 85.1 Å². The summed E-state index contributed by atoms with van der Waals surface area (Å²) in [5, 5.41) is 0. The summed E-state index contributed by atoms with van der Waals surface area (Å²) in [4.78, 5) is 29.2. The van der Waals surface area contributed by atoms with Gasteiger partial charge in [-0.05, 0) is 29.7 Å². The summed E-state index contributed by atoms with van der Waals surface area (Å²) >= 11 is 0. The summed E-state index contributed by atoms with van der Waals surface area (Å²) in [6.45, 7) is 0.240.